The molecule has 0 saturated heterocycles. The molecule has 0 N–H and O–H groups in total. The van der Waals surface area contributed by atoms with E-state index in [1.807, 2.05) is 30.5 Å². The van der Waals surface area contributed by atoms with Gasteiger partial charge < -0.3 is 4.74 Å². The van der Waals surface area contributed by atoms with Crippen LogP contribution in [-0.4, -0.2) is 12.1 Å². The van der Waals surface area contributed by atoms with E-state index in [1.165, 1.54) is 11.3 Å². The van der Waals surface area contributed by atoms with E-state index >= 15 is 0 Å². The van der Waals surface area contributed by atoms with Crippen LogP contribution in [-0.2, 0) is 0 Å². The number of hydrogen-bond acceptors (Lipinski definition) is 3. The van der Waals surface area contributed by atoms with Crippen molar-refractivity contribution < 1.29 is 4.74 Å². The molecule has 0 aliphatic rings. The third-order valence-corrected chi connectivity index (χ3v) is 2.52. The van der Waals surface area contributed by atoms with Crippen LogP contribution in [0.25, 0.3) is 10.4 Å². The molecule has 0 saturated carbocycles. The molecule has 2 nitrogen and oxygen atoms in total. The second kappa shape index (κ2) is 3.58. The summed E-state index contributed by atoms with van der Waals surface area (Å²) in [4.78, 5) is 5.03. The van der Waals surface area contributed by atoms with Crippen LogP contribution in [0.15, 0.2) is 30.5 Å². The molecule has 0 unspecified atom stereocenters. The maximum absolute atomic E-state index is 5.07. The molecule has 2 rings (SSSR count). The van der Waals surface area contributed by atoms with Gasteiger partial charge in [-0.25, -0.2) is 4.98 Å². The number of benzene rings is 1. The lowest BCUT2D eigenvalue weighted by atomic mass is 10.2. The quantitative estimate of drug-likeness (QED) is 0.726. The van der Waals surface area contributed by atoms with E-state index in [0.29, 0.717) is 0 Å². The zero-order valence-corrected chi connectivity index (χ0v) is 7.97. The summed E-state index contributed by atoms with van der Waals surface area (Å²) in [6, 6.07) is 7.91. The number of hydrogen-bond donors (Lipinski definition) is 0. The average Bonchev–Trinajstić information content (AvgIpc) is 2.71. The van der Waals surface area contributed by atoms with E-state index in [4.69, 9.17) is 4.74 Å². The smallest absolute Gasteiger partial charge is 0.152 e. The molecule has 1 radical (unpaired) electrons. The first-order valence-corrected chi connectivity index (χ1v) is 4.68. The number of thiazole rings is 1. The van der Waals surface area contributed by atoms with Crippen LogP contribution < -0.4 is 4.74 Å². The van der Waals surface area contributed by atoms with E-state index in [-0.39, 0.29) is 0 Å². The van der Waals surface area contributed by atoms with E-state index in [1.54, 1.807) is 7.11 Å². The molecule has 13 heavy (non-hydrogen) atoms. The van der Waals surface area contributed by atoms with Gasteiger partial charge in [-0.3, -0.25) is 0 Å². The normalized spacial score (nSPS) is 9.92. The predicted molar refractivity (Wildman–Crippen MR) is 52.9 cm³/mol. The topological polar surface area (TPSA) is 22.1 Å². The van der Waals surface area contributed by atoms with Crippen molar-refractivity contribution in [2.24, 2.45) is 0 Å². The van der Waals surface area contributed by atoms with Crippen molar-refractivity contribution in [3.05, 3.63) is 36.0 Å². The van der Waals surface area contributed by atoms with E-state index in [0.717, 1.165) is 16.2 Å². The molecule has 0 bridgehead atoms. The summed E-state index contributed by atoms with van der Waals surface area (Å²) in [7, 11) is 1.66. The third kappa shape index (κ3) is 1.70. The second-order valence-electron chi connectivity index (χ2n) is 2.54. The Bertz CT molecular complexity index is 366. The molecule has 1 aromatic carbocycles. The standard InChI is InChI=1S/C10H8NOS/c1-12-9-4-2-8(3-5-9)10-6-11-7-13-10/h2-6H,1H3. The Morgan fingerprint density at radius 1 is 1.31 bits per heavy atom. The summed E-state index contributed by atoms with van der Waals surface area (Å²) in [5.41, 5.74) is 3.97. The Morgan fingerprint density at radius 2 is 2.08 bits per heavy atom. The highest BCUT2D eigenvalue weighted by molar-refractivity contribution is 7.12. The Hall–Kier alpha value is -1.35. The van der Waals surface area contributed by atoms with E-state index in [2.05, 4.69) is 10.5 Å². The van der Waals surface area contributed by atoms with Gasteiger partial charge in [-0.15, -0.1) is 11.3 Å². The average molecular weight is 190 g/mol. The molecule has 2 aromatic rings. The van der Waals surface area contributed by atoms with Gasteiger partial charge in [0.15, 0.2) is 5.51 Å². The largest absolute Gasteiger partial charge is 0.497 e. The fourth-order valence-electron chi connectivity index (χ4n) is 1.08. The van der Waals surface area contributed by atoms with Crippen molar-refractivity contribution in [1.29, 1.82) is 0 Å². The number of aromatic nitrogens is 1. The van der Waals surface area contributed by atoms with Crippen molar-refractivity contribution in [1.82, 2.24) is 4.98 Å². The number of rotatable bonds is 2. The number of nitrogens with zero attached hydrogens (tertiary/aromatic N) is 1. The second-order valence-corrected chi connectivity index (χ2v) is 3.37. The minimum atomic E-state index is 0.872. The molecule has 0 aliphatic heterocycles. The van der Waals surface area contributed by atoms with E-state index in [9.17, 15) is 0 Å². The molecule has 0 amide bonds. The van der Waals surface area contributed by atoms with Gasteiger partial charge in [0.1, 0.15) is 5.75 Å². The molecule has 3 heteroatoms. The molecule has 1 aromatic heterocycles. The fourth-order valence-corrected chi connectivity index (χ4v) is 1.64. The van der Waals surface area contributed by atoms with Crippen molar-refractivity contribution in [3.8, 4) is 16.2 Å². The Morgan fingerprint density at radius 3 is 2.62 bits per heavy atom. The minimum Gasteiger partial charge on any atom is -0.497 e. The minimum absolute atomic E-state index is 0.872. The van der Waals surface area contributed by atoms with Crippen molar-refractivity contribution >= 4 is 11.3 Å². The molecule has 1 heterocycles. The van der Waals surface area contributed by atoms with Crippen LogP contribution in [0, 0.1) is 5.51 Å². The van der Waals surface area contributed by atoms with Crippen molar-refractivity contribution in [3.63, 3.8) is 0 Å². The van der Waals surface area contributed by atoms with Gasteiger partial charge in [0, 0.05) is 6.20 Å². The van der Waals surface area contributed by atoms with Crippen LogP contribution in [0.4, 0.5) is 0 Å². The predicted octanol–water partition coefficient (Wildman–Crippen LogP) is 2.62. The molecular formula is C10H8NOS. The first-order valence-electron chi connectivity index (χ1n) is 3.86. The van der Waals surface area contributed by atoms with E-state index < -0.39 is 0 Å². The summed E-state index contributed by atoms with van der Waals surface area (Å²) < 4.78 is 5.07. The number of methoxy groups -OCH3 is 1. The molecule has 0 spiro atoms. The van der Waals surface area contributed by atoms with Crippen molar-refractivity contribution in [2.75, 3.05) is 7.11 Å². The highest BCUT2D eigenvalue weighted by atomic mass is 32.1. The molecule has 65 valence electrons. The third-order valence-electron chi connectivity index (χ3n) is 1.76. The summed E-state index contributed by atoms with van der Waals surface area (Å²) in [6.45, 7) is 0. The van der Waals surface area contributed by atoms with Crippen LogP contribution in [0.1, 0.15) is 0 Å². The van der Waals surface area contributed by atoms with Gasteiger partial charge in [0.2, 0.25) is 0 Å². The lowest BCUT2D eigenvalue weighted by Gasteiger charge is -1.99. The number of ether oxygens (including phenoxy) is 1. The van der Waals surface area contributed by atoms with Gasteiger partial charge in [-0.2, -0.15) is 0 Å². The monoisotopic (exact) mass is 190 g/mol. The Kier molecular flexibility index (Phi) is 2.27. The van der Waals surface area contributed by atoms with Gasteiger partial charge >= 0.3 is 0 Å². The van der Waals surface area contributed by atoms with Crippen molar-refractivity contribution in [2.45, 2.75) is 0 Å². The molecule has 0 fully saturated rings. The van der Waals surface area contributed by atoms with Gasteiger partial charge in [-0.1, -0.05) is 0 Å². The molecular weight excluding hydrogens is 182 g/mol. The highest BCUT2D eigenvalue weighted by Crippen LogP contribution is 2.24. The van der Waals surface area contributed by atoms with Crippen LogP contribution in [0.2, 0.25) is 0 Å². The van der Waals surface area contributed by atoms with Gasteiger partial charge in [0.25, 0.3) is 0 Å². The maximum atomic E-state index is 5.07. The van der Waals surface area contributed by atoms with Crippen LogP contribution in [0.5, 0.6) is 5.75 Å². The maximum Gasteiger partial charge on any atom is 0.152 e. The summed E-state index contributed by atoms with van der Waals surface area (Å²) in [5, 5.41) is 0. The first-order chi connectivity index (χ1) is 6.40. The Balaban J connectivity index is 2.33. The first kappa shape index (κ1) is 8.26. The zero-order valence-electron chi connectivity index (χ0n) is 7.15. The Labute approximate surface area is 80.8 Å². The molecule has 0 aliphatic carbocycles. The summed E-state index contributed by atoms with van der Waals surface area (Å²) >= 11 is 1.51. The van der Waals surface area contributed by atoms with Gasteiger partial charge in [0.05, 0.1) is 12.0 Å². The highest BCUT2D eigenvalue weighted by Gasteiger charge is 1.98. The van der Waals surface area contributed by atoms with Crippen LogP contribution >= 0.6 is 11.3 Å². The fraction of sp³-hybridized carbons (Fsp3) is 0.100. The van der Waals surface area contributed by atoms with Gasteiger partial charge in [-0.05, 0) is 29.8 Å². The SMILES string of the molecule is COc1ccc(-c2cn[c]s2)cc1. The zero-order chi connectivity index (χ0) is 9.10. The molecule has 0 atom stereocenters. The van der Waals surface area contributed by atoms with Crippen LogP contribution in [0.3, 0.4) is 0 Å². The lowest BCUT2D eigenvalue weighted by Crippen LogP contribution is -1.81. The lowest BCUT2D eigenvalue weighted by molar-refractivity contribution is 0.415. The summed E-state index contributed by atoms with van der Waals surface area (Å²) in [5.74, 6) is 0.872. The summed E-state index contributed by atoms with van der Waals surface area (Å²) in [6.07, 6.45) is 1.81.